The van der Waals surface area contributed by atoms with Crippen molar-refractivity contribution >= 4 is 11.0 Å². The van der Waals surface area contributed by atoms with Crippen molar-refractivity contribution in [2.75, 3.05) is 7.11 Å². The van der Waals surface area contributed by atoms with Gasteiger partial charge in [-0.3, -0.25) is 0 Å². The number of fused-ring (bicyclic) bond motifs is 1. The van der Waals surface area contributed by atoms with Gasteiger partial charge in [0.25, 0.3) is 0 Å². The highest BCUT2D eigenvalue weighted by molar-refractivity contribution is 5.77. The minimum atomic E-state index is -0.720. The third-order valence-corrected chi connectivity index (χ3v) is 2.55. The van der Waals surface area contributed by atoms with Gasteiger partial charge in [-0.1, -0.05) is 18.2 Å². The van der Waals surface area contributed by atoms with E-state index >= 15 is 0 Å². The van der Waals surface area contributed by atoms with Crippen molar-refractivity contribution in [3.63, 3.8) is 0 Å². The lowest BCUT2D eigenvalue weighted by Crippen LogP contribution is -2.15. The van der Waals surface area contributed by atoms with E-state index in [9.17, 15) is 5.11 Å². The number of rotatable bonds is 3. The molecule has 3 nitrogen and oxygen atoms in total. The zero-order valence-electron chi connectivity index (χ0n) is 8.81. The maximum absolute atomic E-state index is 9.87. The van der Waals surface area contributed by atoms with Crippen LogP contribution in [0.3, 0.4) is 0 Å². The predicted molar refractivity (Wildman–Crippen MR) is 57.6 cm³/mol. The zero-order chi connectivity index (χ0) is 10.8. The average molecular weight is 206 g/mol. The van der Waals surface area contributed by atoms with Gasteiger partial charge in [0.05, 0.1) is 6.10 Å². The van der Waals surface area contributed by atoms with Crippen LogP contribution in [0.15, 0.2) is 34.7 Å². The van der Waals surface area contributed by atoms with Gasteiger partial charge in [-0.05, 0) is 19.1 Å². The molecule has 0 aliphatic rings. The Hall–Kier alpha value is -1.32. The fourth-order valence-corrected chi connectivity index (χ4v) is 1.51. The smallest absolute Gasteiger partial charge is 0.137 e. The first-order valence-corrected chi connectivity index (χ1v) is 4.91. The number of benzene rings is 1. The highest BCUT2D eigenvalue weighted by atomic mass is 16.5. The lowest BCUT2D eigenvalue weighted by Gasteiger charge is -2.14. The van der Waals surface area contributed by atoms with Gasteiger partial charge in [0, 0.05) is 12.5 Å². The Balaban J connectivity index is 2.36. The van der Waals surface area contributed by atoms with Gasteiger partial charge in [0.15, 0.2) is 0 Å². The van der Waals surface area contributed by atoms with Gasteiger partial charge >= 0.3 is 0 Å². The molecule has 0 radical (unpaired) electrons. The van der Waals surface area contributed by atoms with Gasteiger partial charge in [-0.25, -0.2) is 0 Å². The van der Waals surface area contributed by atoms with Crippen LogP contribution in [0.1, 0.15) is 18.8 Å². The summed E-state index contributed by atoms with van der Waals surface area (Å²) in [6, 6.07) is 9.51. The number of para-hydroxylation sites is 1. The summed E-state index contributed by atoms with van der Waals surface area (Å²) >= 11 is 0. The van der Waals surface area contributed by atoms with Crippen LogP contribution in [0, 0.1) is 0 Å². The number of aliphatic hydroxyl groups excluding tert-OH is 1. The first-order chi connectivity index (χ1) is 7.22. The minimum Gasteiger partial charge on any atom is -0.458 e. The Morgan fingerprint density at radius 1 is 1.33 bits per heavy atom. The largest absolute Gasteiger partial charge is 0.458 e. The van der Waals surface area contributed by atoms with E-state index in [0.29, 0.717) is 5.76 Å². The van der Waals surface area contributed by atoms with Crippen LogP contribution in [0.2, 0.25) is 0 Å². The quantitative estimate of drug-likeness (QED) is 0.839. The van der Waals surface area contributed by atoms with E-state index in [2.05, 4.69) is 0 Å². The number of furan rings is 1. The molecule has 1 aromatic carbocycles. The molecule has 1 heterocycles. The molecule has 2 rings (SSSR count). The van der Waals surface area contributed by atoms with Gasteiger partial charge in [-0.2, -0.15) is 0 Å². The Morgan fingerprint density at radius 3 is 2.73 bits per heavy atom. The van der Waals surface area contributed by atoms with E-state index in [-0.39, 0.29) is 6.10 Å². The molecule has 0 bridgehead atoms. The number of hydrogen-bond donors (Lipinski definition) is 1. The summed E-state index contributed by atoms with van der Waals surface area (Å²) < 4.78 is 10.6. The molecule has 0 spiro atoms. The summed E-state index contributed by atoms with van der Waals surface area (Å²) in [6.45, 7) is 1.80. The molecule has 0 aliphatic carbocycles. The van der Waals surface area contributed by atoms with Gasteiger partial charge in [-0.15, -0.1) is 0 Å². The van der Waals surface area contributed by atoms with Crippen LogP contribution in [-0.4, -0.2) is 18.3 Å². The third kappa shape index (κ3) is 1.89. The van der Waals surface area contributed by atoms with Crippen molar-refractivity contribution in [3.05, 3.63) is 36.1 Å². The first-order valence-electron chi connectivity index (χ1n) is 4.91. The topological polar surface area (TPSA) is 42.6 Å². The van der Waals surface area contributed by atoms with E-state index < -0.39 is 6.10 Å². The van der Waals surface area contributed by atoms with Crippen molar-refractivity contribution in [2.45, 2.75) is 19.1 Å². The van der Waals surface area contributed by atoms with Crippen molar-refractivity contribution in [3.8, 4) is 0 Å². The predicted octanol–water partition coefficient (Wildman–Crippen LogP) is 2.50. The SMILES string of the molecule is COC(C)C(O)c1cc2ccccc2o1. The molecule has 1 aromatic heterocycles. The number of hydrogen-bond acceptors (Lipinski definition) is 3. The van der Waals surface area contributed by atoms with E-state index in [0.717, 1.165) is 11.0 Å². The maximum atomic E-state index is 9.87. The molecule has 2 atom stereocenters. The van der Waals surface area contributed by atoms with Crippen molar-refractivity contribution in [2.24, 2.45) is 0 Å². The second kappa shape index (κ2) is 4.04. The maximum Gasteiger partial charge on any atom is 0.137 e. The molecule has 0 saturated heterocycles. The highest BCUT2D eigenvalue weighted by Gasteiger charge is 2.19. The van der Waals surface area contributed by atoms with E-state index in [1.807, 2.05) is 30.3 Å². The lowest BCUT2D eigenvalue weighted by atomic mass is 10.1. The lowest BCUT2D eigenvalue weighted by molar-refractivity contribution is -0.0114. The van der Waals surface area contributed by atoms with Gasteiger partial charge in [0.2, 0.25) is 0 Å². The standard InChI is InChI=1S/C12H14O3/c1-8(14-2)12(13)11-7-9-5-3-4-6-10(9)15-11/h3-8,12-13H,1-2H3. The van der Waals surface area contributed by atoms with Gasteiger partial charge in [0.1, 0.15) is 17.4 Å². The molecule has 80 valence electrons. The van der Waals surface area contributed by atoms with E-state index in [1.165, 1.54) is 0 Å². The second-order valence-corrected chi connectivity index (χ2v) is 3.57. The van der Waals surface area contributed by atoms with E-state index in [4.69, 9.17) is 9.15 Å². The molecule has 15 heavy (non-hydrogen) atoms. The zero-order valence-corrected chi connectivity index (χ0v) is 8.81. The average Bonchev–Trinajstić information content (AvgIpc) is 2.70. The van der Waals surface area contributed by atoms with E-state index in [1.54, 1.807) is 14.0 Å². The van der Waals surface area contributed by atoms with Crippen LogP contribution in [0.5, 0.6) is 0 Å². The van der Waals surface area contributed by atoms with Crippen molar-refractivity contribution < 1.29 is 14.3 Å². The van der Waals surface area contributed by atoms with Crippen LogP contribution in [0.25, 0.3) is 11.0 Å². The highest BCUT2D eigenvalue weighted by Crippen LogP contribution is 2.26. The molecule has 2 unspecified atom stereocenters. The number of methoxy groups -OCH3 is 1. The Kier molecular flexibility index (Phi) is 2.75. The number of ether oxygens (including phenoxy) is 1. The Bertz CT molecular complexity index is 414. The summed E-state index contributed by atoms with van der Waals surface area (Å²) in [5.41, 5.74) is 0.787. The van der Waals surface area contributed by atoms with Gasteiger partial charge < -0.3 is 14.3 Å². The summed E-state index contributed by atoms with van der Waals surface area (Å²) in [7, 11) is 1.57. The number of aliphatic hydroxyl groups is 1. The molecule has 0 aliphatic heterocycles. The fraction of sp³-hybridized carbons (Fsp3) is 0.333. The van der Waals surface area contributed by atoms with Crippen molar-refractivity contribution in [1.29, 1.82) is 0 Å². The third-order valence-electron chi connectivity index (χ3n) is 2.55. The molecule has 0 saturated carbocycles. The molecule has 0 fully saturated rings. The monoisotopic (exact) mass is 206 g/mol. The fourth-order valence-electron chi connectivity index (χ4n) is 1.51. The molecular weight excluding hydrogens is 192 g/mol. The second-order valence-electron chi connectivity index (χ2n) is 3.57. The summed E-state index contributed by atoms with van der Waals surface area (Å²) in [5, 5.41) is 10.9. The van der Waals surface area contributed by atoms with Crippen LogP contribution < -0.4 is 0 Å². The molecule has 1 N–H and O–H groups in total. The van der Waals surface area contributed by atoms with Crippen LogP contribution in [0.4, 0.5) is 0 Å². The molecule has 2 aromatic rings. The summed E-state index contributed by atoms with van der Waals surface area (Å²) in [4.78, 5) is 0. The Labute approximate surface area is 88.3 Å². The van der Waals surface area contributed by atoms with Crippen LogP contribution in [-0.2, 0) is 4.74 Å². The first kappa shape index (κ1) is 10.2. The summed E-state index contributed by atoms with van der Waals surface area (Å²) in [6.07, 6.45) is -0.993. The Morgan fingerprint density at radius 2 is 2.07 bits per heavy atom. The van der Waals surface area contributed by atoms with Crippen LogP contribution >= 0.6 is 0 Å². The minimum absolute atomic E-state index is 0.273. The molecule has 3 heteroatoms. The molecular formula is C12H14O3. The summed E-state index contributed by atoms with van der Waals surface area (Å²) in [5.74, 6) is 0.547. The molecule has 0 amide bonds. The normalized spacial score (nSPS) is 15.4. The van der Waals surface area contributed by atoms with Crippen molar-refractivity contribution in [1.82, 2.24) is 0 Å².